The van der Waals surface area contributed by atoms with Gasteiger partial charge in [-0.2, -0.15) is 0 Å². The normalized spacial score (nSPS) is 12.5. The number of benzene rings is 3. The quantitative estimate of drug-likeness (QED) is 0.402. The molecule has 9 heteroatoms. The molecular weight excluding hydrogens is 517 g/mol. The van der Waals surface area contributed by atoms with E-state index in [1.54, 1.807) is 0 Å². The number of rotatable bonds is 10. The van der Waals surface area contributed by atoms with Gasteiger partial charge >= 0.3 is 0 Å². The Labute approximate surface area is 230 Å². The predicted molar refractivity (Wildman–Crippen MR) is 152 cm³/mol. The largest absolute Gasteiger partial charge is 0.350 e. The van der Waals surface area contributed by atoms with Crippen LogP contribution in [-0.2, 0) is 32.6 Å². The summed E-state index contributed by atoms with van der Waals surface area (Å²) in [5, 5.41) is 2.97. The van der Waals surface area contributed by atoms with E-state index in [1.807, 2.05) is 82.3 Å². The molecule has 0 spiro atoms. The van der Waals surface area contributed by atoms with E-state index in [-0.39, 0.29) is 24.6 Å². The number of amides is 2. The summed E-state index contributed by atoms with van der Waals surface area (Å²) in [5.41, 5.74) is 1.83. The highest BCUT2D eigenvalue weighted by atomic mass is 32.2. The molecule has 1 unspecified atom stereocenters. The number of carbonyl (C=O) groups is 2. The fourth-order valence-corrected chi connectivity index (χ4v) is 5.00. The standard InChI is InChI=1S/C30H36FN3O4S/c1-22-15-17-24(18-16-22)20-33(27(29(36)32-30(2,3)4)19-23-11-7-6-8-12-23)28(35)21-34(39(5,37)38)26-14-10-9-13-25(26)31/h6-18,27H,19-21H2,1-5H3,(H,32,36). The zero-order chi connectivity index (χ0) is 28.8. The van der Waals surface area contributed by atoms with Crippen molar-refractivity contribution in [3.63, 3.8) is 0 Å². The van der Waals surface area contributed by atoms with Gasteiger partial charge in [0.15, 0.2) is 0 Å². The van der Waals surface area contributed by atoms with Crippen LogP contribution in [0.1, 0.15) is 37.5 Å². The van der Waals surface area contributed by atoms with E-state index >= 15 is 0 Å². The number of sulfonamides is 1. The van der Waals surface area contributed by atoms with Gasteiger partial charge in [0.2, 0.25) is 21.8 Å². The molecule has 0 aromatic heterocycles. The Bertz CT molecular complexity index is 1390. The van der Waals surface area contributed by atoms with Crippen molar-refractivity contribution >= 4 is 27.5 Å². The lowest BCUT2D eigenvalue weighted by Gasteiger charge is -2.35. The number of hydrogen-bond donors (Lipinski definition) is 1. The summed E-state index contributed by atoms with van der Waals surface area (Å²) in [4.78, 5) is 29.0. The van der Waals surface area contributed by atoms with Crippen LogP contribution < -0.4 is 9.62 Å². The monoisotopic (exact) mass is 553 g/mol. The second kappa shape index (κ2) is 12.4. The van der Waals surface area contributed by atoms with Gasteiger partial charge in [-0.1, -0.05) is 72.3 Å². The van der Waals surface area contributed by atoms with E-state index in [4.69, 9.17) is 0 Å². The lowest BCUT2D eigenvalue weighted by atomic mass is 10.0. The van der Waals surface area contributed by atoms with Crippen molar-refractivity contribution in [1.29, 1.82) is 0 Å². The number of carbonyl (C=O) groups excluding carboxylic acids is 2. The maximum atomic E-state index is 14.7. The minimum absolute atomic E-state index is 0.0586. The van der Waals surface area contributed by atoms with Gasteiger partial charge in [0.1, 0.15) is 18.4 Å². The Balaban J connectivity index is 2.08. The molecule has 39 heavy (non-hydrogen) atoms. The second-order valence-corrected chi connectivity index (χ2v) is 12.6. The van der Waals surface area contributed by atoms with Crippen molar-refractivity contribution < 1.29 is 22.4 Å². The molecule has 0 aliphatic rings. The van der Waals surface area contributed by atoms with Crippen LogP contribution in [0.15, 0.2) is 78.9 Å². The maximum absolute atomic E-state index is 14.7. The molecule has 0 radical (unpaired) electrons. The lowest BCUT2D eigenvalue weighted by molar-refractivity contribution is -0.140. The average molecular weight is 554 g/mol. The number of nitrogens with zero attached hydrogens (tertiary/aromatic N) is 2. The molecule has 0 saturated heterocycles. The summed E-state index contributed by atoms with van der Waals surface area (Å²) in [5.74, 6) is -1.77. The molecule has 0 aliphatic heterocycles. The van der Waals surface area contributed by atoms with Crippen LogP contribution in [0, 0.1) is 12.7 Å². The molecule has 0 heterocycles. The Morgan fingerprint density at radius 2 is 1.49 bits per heavy atom. The van der Waals surface area contributed by atoms with Crippen molar-refractivity contribution in [3.05, 3.63) is 101 Å². The predicted octanol–water partition coefficient (Wildman–Crippen LogP) is 4.45. The first-order valence-electron chi connectivity index (χ1n) is 12.7. The number of hydrogen-bond acceptors (Lipinski definition) is 4. The van der Waals surface area contributed by atoms with Crippen molar-refractivity contribution in [2.24, 2.45) is 0 Å². The SMILES string of the molecule is Cc1ccc(CN(C(=O)CN(c2ccccc2F)S(C)(=O)=O)C(Cc2ccccc2)C(=O)NC(C)(C)C)cc1. The molecule has 208 valence electrons. The maximum Gasteiger partial charge on any atom is 0.244 e. The second-order valence-electron chi connectivity index (χ2n) is 10.7. The van der Waals surface area contributed by atoms with E-state index in [0.717, 1.165) is 33.3 Å². The van der Waals surface area contributed by atoms with E-state index in [9.17, 15) is 22.4 Å². The van der Waals surface area contributed by atoms with E-state index in [2.05, 4.69) is 5.32 Å². The van der Waals surface area contributed by atoms with Crippen LogP contribution in [0.4, 0.5) is 10.1 Å². The highest BCUT2D eigenvalue weighted by molar-refractivity contribution is 7.92. The first kappa shape index (κ1) is 29.8. The first-order valence-corrected chi connectivity index (χ1v) is 14.5. The summed E-state index contributed by atoms with van der Waals surface area (Å²) < 4.78 is 40.9. The van der Waals surface area contributed by atoms with Gasteiger partial charge in [0.05, 0.1) is 11.9 Å². The van der Waals surface area contributed by atoms with Gasteiger partial charge < -0.3 is 10.2 Å². The zero-order valence-electron chi connectivity index (χ0n) is 23.0. The molecular formula is C30H36FN3O4S. The summed E-state index contributed by atoms with van der Waals surface area (Å²) in [6.45, 7) is 6.88. The molecule has 1 atom stereocenters. The van der Waals surface area contributed by atoms with Gasteiger partial charge in [-0.3, -0.25) is 13.9 Å². The molecule has 0 saturated carbocycles. The van der Waals surface area contributed by atoms with Gasteiger partial charge in [0, 0.05) is 18.5 Å². The molecule has 7 nitrogen and oxygen atoms in total. The molecule has 3 aromatic rings. The van der Waals surface area contributed by atoms with Gasteiger partial charge in [-0.25, -0.2) is 12.8 Å². The van der Waals surface area contributed by atoms with E-state index in [0.29, 0.717) is 0 Å². The number of anilines is 1. The molecule has 1 N–H and O–H groups in total. The molecule has 3 aromatic carbocycles. The van der Waals surface area contributed by atoms with Crippen LogP contribution >= 0.6 is 0 Å². The summed E-state index contributed by atoms with van der Waals surface area (Å²) in [7, 11) is -4.04. The van der Waals surface area contributed by atoms with Crippen LogP contribution in [0.5, 0.6) is 0 Å². The Kier molecular flexibility index (Phi) is 9.50. The molecule has 3 rings (SSSR count). The third kappa shape index (κ3) is 8.64. The van der Waals surface area contributed by atoms with Crippen LogP contribution in [0.2, 0.25) is 0 Å². The topological polar surface area (TPSA) is 86.8 Å². The smallest absolute Gasteiger partial charge is 0.244 e. The van der Waals surface area contributed by atoms with Crippen molar-refractivity contribution in [2.45, 2.75) is 52.2 Å². The fraction of sp³-hybridized carbons (Fsp3) is 0.333. The zero-order valence-corrected chi connectivity index (χ0v) is 23.8. The molecule has 0 aliphatic carbocycles. The van der Waals surface area contributed by atoms with Crippen LogP contribution in [0.3, 0.4) is 0 Å². The van der Waals surface area contributed by atoms with Gasteiger partial charge in [-0.15, -0.1) is 0 Å². The Morgan fingerprint density at radius 3 is 2.05 bits per heavy atom. The number of para-hydroxylation sites is 1. The van der Waals surface area contributed by atoms with Crippen LogP contribution in [-0.4, -0.2) is 49.5 Å². The average Bonchev–Trinajstić information content (AvgIpc) is 2.85. The van der Waals surface area contributed by atoms with Crippen molar-refractivity contribution in [1.82, 2.24) is 10.2 Å². The Hall–Kier alpha value is -3.72. The van der Waals surface area contributed by atoms with E-state index < -0.39 is 39.9 Å². The van der Waals surface area contributed by atoms with Gasteiger partial charge in [0.25, 0.3) is 0 Å². The molecule has 2 amide bonds. The molecule has 0 fully saturated rings. The first-order chi connectivity index (χ1) is 18.2. The third-order valence-electron chi connectivity index (χ3n) is 6.04. The summed E-state index contributed by atoms with van der Waals surface area (Å²) in [6, 6.07) is 21.3. The van der Waals surface area contributed by atoms with Crippen molar-refractivity contribution in [2.75, 3.05) is 17.1 Å². The number of halogens is 1. The third-order valence-corrected chi connectivity index (χ3v) is 7.17. The van der Waals surface area contributed by atoms with Crippen LogP contribution in [0.25, 0.3) is 0 Å². The van der Waals surface area contributed by atoms with Crippen molar-refractivity contribution in [3.8, 4) is 0 Å². The van der Waals surface area contributed by atoms with E-state index in [1.165, 1.54) is 23.1 Å². The highest BCUT2D eigenvalue weighted by Gasteiger charge is 2.34. The summed E-state index contributed by atoms with van der Waals surface area (Å²) >= 11 is 0. The minimum atomic E-state index is -4.04. The number of nitrogens with one attached hydrogen (secondary N) is 1. The molecule has 0 bridgehead atoms. The fourth-order valence-electron chi connectivity index (χ4n) is 4.15. The lowest BCUT2D eigenvalue weighted by Crippen LogP contribution is -2.56. The highest BCUT2D eigenvalue weighted by Crippen LogP contribution is 2.23. The number of aryl methyl sites for hydroxylation is 1. The summed E-state index contributed by atoms with van der Waals surface area (Å²) in [6.07, 6.45) is 1.13. The minimum Gasteiger partial charge on any atom is -0.350 e. The Morgan fingerprint density at radius 1 is 0.897 bits per heavy atom. The van der Waals surface area contributed by atoms with Gasteiger partial charge in [-0.05, 0) is 51.0 Å².